The van der Waals surface area contributed by atoms with Crippen LogP contribution in [0.15, 0.2) is 29.2 Å². The second-order valence-electron chi connectivity index (χ2n) is 4.46. The number of nitrogens with zero attached hydrogens (tertiary/aromatic N) is 1. The fourth-order valence-electron chi connectivity index (χ4n) is 1.88. The molecule has 0 unspecified atom stereocenters. The molecule has 0 aromatic carbocycles. The third kappa shape index (κ3) is 3.37. The van der Waals surface area contributed by atoms with Gasteiger partial charge >= 0.3 is 0 Å². The number of aromatic amines is 1. The van der Waals surface area contributed by atoms with Crippen LogP contribution in [0.2, 0.25) is 0 Å². The molecule has 20 heavy (non-hydrogen) atoms. The number of thiophene rings is 1. The van der Waals surface area contributed by atoms with Gasteiger partial charge in [0.15, 0.2) is 0 Å². The molecule has 1 amide bonds. The van der Waals surface area contributed by atoms with Gasteiger partial charge in [0.1, 0.15) is 11.6 Å². The zero-order valence-electron chi connectivity index (χ0n) is 11.4. The Morgan fingerprint density at radius 3 is 2.90 bits per heavy atom. The topological polar surface area (TPSA) is 68.7 Å². The fourth-order valence-corrected chi connectivity index (χ4v) is 2.52. The first-order valence-corrected chi connectivity index (χ1v) is 7.06. The molecule has 0 atom stereocenters. The van der Waals surface area contributed by atoms with Gasteiger partial charge in [-0.2, -0.15) is 5.26 Å². The molecule has 0 saturated carbocycles. The predicted molar refractivity (Wildman–Crippen MR) is 80.0 cm³/mol. The molecule has 4 nitrogen and oxygen atoms in total. The zero-order chi connectivity index (χ0) is 14.5. The lowest BCUT2D eigenvalue weighted by Crippen LogP contribution is -2.23. The van der Waals surface area contributed by atoms with Crippen molar-refractivity contribution in [1.82, 2.24) is 10.3 Å². The number of nitriles is 1. The van der Waals surface area contributed by atoms with Crippen molar-refractivity contribution in [2.75, 3.05) is 0 Å². The molecule has 0 aliphatic rings. The van der Waals surface area contributed by atoms with Crippen molar-refractivity contribution in [3.05, 3.63) is 51.0 Å². The Labute approximate surface area is 121 Å². The second kappa shape index (κ2) is 6.22. The van der Waals surface area contributed by atoms with Crippen LogP contribution in [0.4, 0.5) is 0 Å². The highest BCUT2D eigenvalue weighted by molar-refractivity contribution is 7.09. The van der Waals surface area contributed by atoms with Gasteiger partial charge in [-0.05, 0) is 43.0 Å². The molecule has 0 fully saturated rings. The summed E-state index contributed by atoms with van der Waals surface area (Å²) in [6.07, 6.45) is 1.61. The zero-order valence-corrected chi connectivity index (χ0v) is 12.2. The minimum absolute atomic E-state index is 0.114. The van der Waals surface area contributed by atoms with Crippen LogP contribution in [0.25, 0.3) is 6.08 Å². The van der Waals surface area contributed by atoms with E-state index < -0.39 is 0 Å². The van der Waals surface area contributed by atoms with E-state index in [2.05, 4.69) is 10.3 Å². The summed E-state index contributed by atoms with van der Waals surface area (Å²) in [5, 5.41) is 13.8. The number of aromatic nitrogens is 1. The summed E-state index contributed by atoms with van der Waals surface area (Å²) in [4.78, 5) is 16.2. The molecular formula is C15H15N3OS. The summed E-state index contributed by atoms with van der Waals surface area (Å²) >= 11 is 1.57. The first kappa shape index (κ1) is 14.1. The molecular weight excluding hydrogens is 270 g/mol. The molecule has 0 aliphatic carbocycles. The number of carbonyl (C=O) groups is 1. The van der Waals surface area contributed by atoms with E-state index >= 15 is 0 Å². The van der Waals surface area contributed by atoms with Crippen molar-refractivity contribution in [3.8, 4) is 6.07 Å². The average Bonchev–Trinajstić information content (AvgIpc) is 3.03. The molecule has 2 heterocycles. The number of aryl methyl sites for hydroxylation is 2. The van der Waals surface area contributed by atoms with Crippen molar-refractivity contribution in [2.45, 2.75) is 20.4 Å². The summed E-state index contributed by atoms with van der Waals surface area (Å²) in [5.74, 6) is -0.348. The molecule has 2 aromatic heterocycles. The Hall–Kier alpha value is -2.32. The van der Waals surface area contributed by atoms with E-state index in [0.717, 1.165) is 21.8 Å². The van der Waals surface area contributed by atoms with Crippen LogP contribution in [0.3, 0.4) is 0 Å². The number of hydrogen-bond acceptors (Lipinski definition) is 3. The lowest BCUT2D eigenvalue weighted by molar-refractivity contribution is -0.117. The minimum atomic E-state index is -0.348. The van der Waals surface area contributed by atoms with Crippen LogP contribution in [0.1, 0.15) is 21.8 Å². The van der Waals surface area contributed by atoms with Gasteiger partial charge in [0, 0.05) is 16.3 Å². The van der Waals surface area contributed by atoms with Gasteiger partial charge < -0.3 is 10.3 Å². The Morgan fingerprint density at radius 2 is 2.35 bits per heavy atom. The number of H-pyrrole nitrogens is 1. The highest BCUT2D eigenvalue weighted by Crippen LogP contribution is 2.14. The summed E-state index contributed by atoms with van der Waals surface area (Å²) in [7, 11) is 0. The SMILES string of the molecule is Cc1cc(/C=C(\C#N)C(=O)NCc2cccs2)c(C)[nH]1. The number of hydrogen-bond donors (Lipinski definition) is 2. The van der Waals surface area contributed by atoms with E-state index in [4.69, 9.17) is 5.26 Å². The average molecular weight is 285 g/mol. The van der Waals surface area contributed by atoms with Crippen molar-refractivity contribution >= 4 is 23.3 Å². The monoisotopic (exact) mass is 285 g/mol. The Morgan fingerprint density at radius 1 is 1.55 bits per heavy atom. The van der Waals surface area contributed by atoms with Crippen LogP contribution in [0, 0.1) is 25.2 Å². The van der Waals surface area contributed by atoms with E-state index in [1.165, 1.54) is 0 Å². The molecule has 2 rings (SSSR count). The van der Waals surface area contributed by atoms with Crippen LogP contribution in [-0.2, 0) is 11.3 Å². The molecule has 0 radical (unpaired) electrons. The normalized spacial score (nSPS) is 11.2. The van der Waals surface area contributed by atoms with Crippen LogP contribution in [-0.4, -0.2) is 10.9 Å². The van der Waals surface area contributed by atoms with Gasteiger partial charge in [-0.3, -0.25) is 4.79 Å². The first-order valence-electron chi connectivity index (χ1n) is 6.18. The lowest BCUT2D eigenvalue weighted by Gasteiger charge is -2.02. The van der Waals surface area contributed by atoms with E-state index in [-0.39, 0.29) is 11.5 Å². The molecule has 2 N–H and O–H groups in total. The Balaban J connectivity index is 2.09. The van der Waals surface area contributed by atoms with E-state index in [9.17, 15) is 4.79 Å². The molecule has 2 aromatic rings. The molecule has 0 spiro atoms. The predicted octanol–water partition coefficient (Wildman–Crippen LogP) is 2.92. The molecule has 0 aliphatic heterocycles. The van der Waals surface area contributed by atoms with Crippen molar-refractivity contribution in [3.63, 3.8) is 0 Å². The second-order valence-corrected chi connectivity index (χ2v) is 5.50. The molecule has 5 heteroatoms. The maximum atomic E-state index is 12.0. The van der Waals surface area contributed by atoms with E-state index in [1.54, 1.807) is 17.4 Å². The summed E-state index contributed by atoms with van der Waals surface area (Å²) in [5.41, 5.74) is 2.93. The molecule has 102 valence electrons. The number of rotatable bonds is 4. The van der Waals surface area contributed by atoms with Gasteiger partial charge in [0.2, 0.25) is 0 Å². The van der Waals surface area contributed by atoms with Crippen molar-refractivity contribution < 1.29 is 4.79 Å². The number of nitrogens with one attached hydrogen (secondary N) is 2. The van der Waals surface area contributed by atoms with Gasteiger partial charge in [-0.25, -0.2) is 0 Å². The maximum Gasteiger partial charge on any atom is 0.262 e. The highest BCUT2D eigenvalue weighted by atomic mass is 32.1. The molecule has 0 saturated heterocycles. The van der Waals surface area contributed by atoms with Crippen LogP contribution >= 0.6 is 11.3 Å². The largest absolute Gasteiger partial charge is 0.362 e. The quantitative estimate of drug-likeness (QED) is 0.670. The van der Waals surface area contributed by atoms with Crippen molar-refractivity contribution in [2.24, 2.45) is 0 Å². The number of amides is 1. The van der Waals surface area contributed by atoms with E-state index in [1.807, 2.05) is 43.5 Å². The van der Waals surface area contributed by atoms with Gasteiger partial charge in [0.25, 0.3) is 5.91 Å². The maximum absolute atomic E-state index is 12.0. The molecule has 0 bridgehead atoms. The minimum Gasteiger partial charge on any atom is -0.362 e. The standard InChI is InChI=1S/C15H15N3OS/c1-10-6-12(11(2)18-10)7-13(8-16)15(19)17-9-14-4-3-5-20-14/h3-7,18H,9H2,1-2H3,(H,17,19)/b13-7+. The van der Waals surface area contributed by atoms with Gasteiger partial charge in [0.05, 0.1) is 6.54 Å². The Kier molecular flexibility index (Phi) is 4.38. The van der Waals surface area contributed by atoms with Crippen molar-refractivity contribution in [1.29, 1.82) is 5.26 Å². The highest BCUT2D eigenvalue weighted by Gasteiger charge is 2.10. The lowest BCUT2D eigenvalue weighted by atomic mass is 10.1. The van der Waals surface area contributed by atoms with Crippen LogP contribution in [0.5, 0.6) is 0 Å². The Bertz CT molecular complexity index is 675. The van der Waals surface area contributed by atoms with E-state index in [0.29, 0.717) is 6.54 Å². The number of carbonyl (C=O) groups excluding carboxylic acids is 1. The smallest absolute Gasteiger partial charge is 0.262 e. The summed E-state index contributed by atoms with van der Waals surface area (Å²) < 4.78 is 0. The van der Waals surface area contributed by atoms with Crippen LogP contribution < -0.4 is 5.32 Å². The third-order valence-corrected chi connectivity index (χ3v) is 3.73. The van der Waals surface area contributed by atoms with Gasteiger partial charge in [-0.15, -0.1) is 11.3 Å². The first-order chi connectivity index (χ1) is 9.60. The summed E-state index contributed by atoms with van der Waals surface area (Å²) in [6, 6.07) is 7.75. The van der Waals surface area contributed by atoms with Gasteiger partial charge in [-0.1, -0.05) is 6.07 Å². The summed E-state index contributed by atoms with van der Waals surface area (Å²) in [6.45, 7) is 4.30. The third-order valence-electron chi connectivity index (χ3n) is 2.86. The fraction of sp³-hybridized carbons (Fsp3) is 0.200.